The van der Waals surface area contributed by atoms with E-state index in [9.17, 15) is 0 Å². The van der Waals surface area contributed by atoms with Crippen LogP contribution in [0.5, 0.6) is 0 Å². The molecule has 1 aliphatic heterocycles. The minimum Gasteiger partial charge on any atom is -0.370 e. The Bertz CT molecular complexity index is 496. The zero-order chi connectivity index (χ0) is 16.8. The third kappa shape index (κ3) is 4.91. The zero-order valence-electron chi connectivity index (χ0n) is 14.6. The molecule has 6 heteroatoms. The number of thiophene rings is 1. The summed E-state index contributed by atoms with van der Waals surface area (Å²) >= 11 is 7.46. The van der Waals surface area contributed by atoms with Crippen LogP contribution in [0.2, 0.25) is 0 Å². The van der Waals surface area contributed by atoms with E-state index in [0.717, 1.165) is 31.4 Å². The van der Waals surface area contributed by atoms with E-state index >= 15 is 0 Å². The molecule has 1 saturated heterocycles. The summed E-state index contributed by atoms with van der Waals surface area (Å²) in [4.78, 5) is 3.04. The fourth-order valence-corrected chi connectivity index (χ4v) is 5.32. The molecule has 2 atom stereocenters. The minimum absolute atomic E-state index is 0.306. The predicted molar refractivity (Wildman–Crippen MR) is 104 cm³/mol. The van der Waals surface area contributed by atoms with E-state index in [0.29, 0.717) is 18.1 Å². The maximum absolute atomic E-state index is 5.61. The first-order chi connectivity index (χ1) is 11.7. The Morgan fingerprint density at radius 2 is 2.04 bits per heavy atom. The molecule has 0 amide bonds. The molecule has 1 aromatic rings. The van der Waals surface area contributed by atoms with Crippen molar-refractivity contribution < 1.29 is 9.64 Å². The Kier molecular flexibility index (Phi) is 6.89. The smallest absolute Gasteiger partial charge is 0.166 e. The van der Waals surface area contributed by atoms with Crippen molar-refractivity contribution >= 4 is 28.7 Å². The first-order valence-corrected chi connectivity index (χ1v) is 10.6. The molecule has 0 radical (unpaired) electrons. The monoisotopic (exact) mass is 368 g/mol. The van der Waals surface area contributed by atoms with E-state index in [-0.39, 0.29) is 0 Å². The summed E-state index contributed by atoms with van der Waals surface area (Å²) in [6, 6.07) is 5.70. The van der Waals surface area contributed by atoms with E-state index < -0.39 is 0 Å². The molecule has 2 fully saturated rings. The molecular formula is C18H30N3OS2+. The Labute approximate surface area is 155 Å². The fraction of sp³-hybridized carbons (Fsp3) is 0.722. The van der Waals surface area contributed by atoms with Gasteiger partial charge in [0.15, 0.2) is 5.11 Å². The molecule has 0 aromatic carbocycles. The lowest BCUT2D eigenvalue weighted by atomic mass is 9.96. The Hall–Kier alpha value is -0.690. The van der Waals surface area contributed by atoms with Crippen molar-refractivity contribution in [1.82, 2.24) is 10.6 Å². The van der Waals surface area contributed by atoms with Gasteiger partial charge in [-0.25, -0.2) is 0 Å². The van der Waals surface area contributed by atoms with Crippen LogP contribution in [0.3, 0.4) is 0 Å². The molecule has 1 aromatic heterocycles. The van der Waals surface area contributed by atoms with Crippen molar-refractivity contribution in [3.05, 3.63) is 22.4 Å². The number of quaternary nitrogens is 1. The van der Waals surface area contributed by atoms with Gasteiger partial charge in [-0.2, -0.15) is 0 Å². The van der Waals surface area contributed by atoms with Crippen molar-refractivity contribution in [2.45, 2.75) is 57.2 Å². The first-order valence-electron chi connectivity index (χ1n) is 9.27. The average molecular weight is 369 g/mol. The summed E-state index contributed by atoms with van der Waals surface area (Å²) in [5.74, 6) is 0. The van der Waals surface area contributed by atoms with E-state index in [1.54, 1.807) is 4.90 Å². The Balaban J connectivity index is 1.60. The summed E-state index contributed by atoms with van der Waals surface area (Å²) < 4.78 is 5.55. The van der Waals surface area contributed by atoms with Crippen LogP contribution < -0.4 is 15.5 Å². The number of hydrogen-bond donors (Lipinski definition) is 3. The lowest BCUT2D eigenvalue weighted by molar-refractivity contribution is -0.939. The van der Waals surface area contributed by atoms with Gasteiger partial charge in [-0.1, -0.05) is 25.3 Å². The topological polar surface area (TPSA) is 37.7 Å². The standard InChI is InChI=1S/C18H29N3OS2/c1-14(19-18(23)20-15-6-3-2-4-7-15)17(16-8-5-13-24-16)21-9-11-22-12-10-21/h5,8,13-15,17H,2-4,6-7,9-12H2,1H3,(H2,19,20,23)/p+1/t14-,17-/m1/s1. The van der Waals surface area contributed by atoms with E-state index in [2.05, 4.69) is 35.1 Å². The molecule has 2 aliphatic rings. The third-order valence-corrected chi connectivity index (χ3v) is 6.41. The van der Waals surface area contributed by atoms with Gasteiger partial charge in [-0.15, -0.1) is 11.3 Å². The molecule has 2 heterocycles. The third-order valence-electron chi connectivity index (χ3n) is 5.22. The molecular weight excluding hydrogens is 338 g/mol. The normalized spacial score (nSPS) is 22.7. The maximum atomic E-state index is 5.61. The zero-order valence-corrected chi connectivity index (χ0v) is 16.2. The second kappa shape index (κ2) is 9.13. The molecule has 1 saturated carbocycles. The van der Waals surface area contributed by atoms with Crippen molar-refractivity contribution in [3.8, 4) is 0 Å². The van der Waals surface area contributed by atoms with Crippen LogP contribution in [0, 0.1) is 0 Å². The van der Waals surface area contributed by atoms with Gasteiger partial charge < -0.3 is 20.3 Å². The average Bonchev–Trinajstić information content (AvgIpc) is 3.11. The molecule has 134 valence electrons. The first kappa shape index (κ1) is 18.1. The predicted octanol–water partition coefficient (Wildman–Crippen LogP) is 1.89. The van der Waals surface area contributed by atoms with Crippen LogP contribution in [0.1, 0.15) is 49.9 Å². The highest BCUT2D eigenvalue weighted by Crippen LogP contribution is 2.20. The van der Waals surface area contributed by atoms with E-state index in [4.69, 9.17) is 17.0 Å². The number of ether oxygens (including phenoxy) is 1. The number of nitrogens with one attached hydrogen (secondary N) is 3. The minimum atomic E-state index is 0.306. The van der Waals surface area contributed by atoms with Crippen molar-refractivity contribution in [2.24, 2.45) is 0 Å². The van der Waals surface area contributed by atoms with Gasteiger partial charge in [0.25, 0.3) is 0 Å². The number of thiocarbonyl (C=S) groups is 1. The van der Waals surface area contributed by atoms with Gasteiger partial charge in [-0.05, 0) is 43.4 Å². The second-order valence-corrected chi connectivity index (χ2v) is 8.39. The van der Waals surface area contributed by atoms with Crippen molar-refractivity contribution in [1.29, 1.82) is 0 Å². The molecule has 0 bridgehead atoms. The highest BCUT2D eigenvalue weighted by atomic mass is 32.1. The number of morpholine rings is 1. The molecule has 4 nitrogen and oxygen atoms in total. The molecule has 0 spiro atoms. The van der Waals surface area contributed by atoms with Crippen molar-refractivity contribution in [2.75, 3.05) is 26.3 Å². The van der Waals surface area contributed by atoms with Gasteiger partial charge in [0.1, 0.15) is 19.1 Å². The summed E-state index contributed by atoms with van der Waals surface area (Å²) in [7, 11) is 0. The van der Waals surface area contributed by atoms with Gasteiger partial charge in [0.05, 0.1) is 24.1 Å². The Morgan fingerprint density at radius 3 is 2.71 bits per heavy atom. The SMILES string of the molecule is C[C@@H](NC(=S)NC1CCCCC1)[C@H](c1cccs1)[NH+]1CCOCC1. The molecule has 1 aliphatic carbocycles. The summed E-state index contributed by atoms with van der Waals surface area (Å²) in [6.07, 6.45) is 6.52. The molecule has 3 N–H and O–H groups in total. The summed E-state index contributed by atoms with van der Waals surface area (Å²) in [5.41, 5.74) is 0. The number of hydrogen-bond acceptors (Lipinski definition) is 3. The highest BCUT2D eigenvalue weighted by Gasteiger charge is 2.32. The lowest BCUT2D eigenvalue weighted by Crippen LogP contribution is -3.15. The van der Waals surface area contributed by atoms with Crippen LogP contribution >= 0.6 is 23.6 Å². The van der Waals surface area contributed by atoms with Crippen LogP contribution in [0.25, 0.3) is 0 Å². The van der Waals surface area contributed by atoms with Crippen LogP contribution in [-0.2, 0) is 4.74 Å². The fourth-order valence-electron chi connectivity index (χ4n) is 3.98. The maximum Gasteiger partial charge on any atom is 0.166 e. The lowest BCUT2D eigenvalue weighted by Gasteiger charge is -2.35. The number of rotatable bonds is 5. The second-order valence-electron chi connectivity index (χ2n) is 7.01. The quantitative estimate of drug-likeness (QED) is 0.694. The largest absolute Gasteiger partial charge is 0.370 e. The van der Waals surface area contributed by atoms with E-state index in [1.807, 2.05) is 11.3 Å². The molecule has 0 unspecified atom stereocenters. The molecule has 3 rings (SSSR count). The highest BCUT2D eigenvalue weighted by molar-refractivity contribution is 7.80. The van der Waals surface area contributed by atoms with Crippen LogP contribution in [0.4, 0.5) is 0 Å². The summed E-state index contributed by atoms with van der Waals surface area (Å²) in [5, 5.41) is 10.1. The van der Waals surface area contributed by atoms with Crippen LogP contribution in [-0.4, -0.2) is 43.5 Å². The van der Waals surface area contributed by atoms with Crippen molar-refractivity contribution in [3.63, 3.8) is 0 Å². The van der Waals surface area contributed by atoms with Crippen LogP contribution in [0.15, 0.2) is 17.5 Å². The van der Waals surface area contributed by atoms with Gasteiger partial charge in [0, 0.05) is 6.04 Å². The molecule has 24 heavy (non-hydrogen) atoms. The van der Waals surface area contributed by atoms with Gasteiger partial charge in [-0.3, -0.25) is 0 Å². The van der Waals surface area contributed by atoms with Gasteiger partial charge in [0.2, 0.25) is 0 Å². The summed E-state index contributed by atoms with van der Waals surface area (Å²) in [6.45, 7) is 6.11. The van der Waals surface area contributed by atoms with Gasteiger partial charge >= 0.3 is 0 Å². The van der Waals surface area contributed by atoms with E-state index in [1.165, 1.54) is 37.0 Å². The Morgan fingerprint density at radius 1 is 1.29 bits per heavy atom.